The number of nitrogens with one attached hydrogen (secondary N) is 1. The van der Waals surface area contributed by atoms with Gasteiger partial charge in [-0.15, -0.1) is 0 Å². The Balaban J connectivity index is 1.67. The molecule has 0 unspecified atom stereocenters. The monoisotopic (exact) mass is 438 g/mol. The first-order valence-corrected chi connectivity index (χ1v) is 9.44. The van der Waals surface area contributed by atoms with Gasteiger partial charge < -0.3 is 15.0 Å². The molecule has 0 saturated heterocycles. The largest absolute Gasteiger partial charge is 0.483 e. The van der Waals surface area contributed by atoms with E-state index in [1.54, 1.807) is 48.3 Å². The predicted molar refractivity (Wildman–Crippen MR) is 114 cm³/mol. The van der Waals surface area contributed by atoms with E-state index in [9.17, 15) is 9.59 Å². The summed E-state index contributed by atoms with van der Waals surface area (Å²) in [5, 5.41) is 2.76. The van der Waals surface area contributed by atoms with Crippen LogP contribution in [0.1, 0.15) is 10.4 Å². The smallest absolute Gasteiger partial charge is 0.262 e. The topological polar surface area (TPSA) is 58.6 Å². The third kappa shape index (κ3) is 4.98. The summed E-state index contributed by atoms with van der Waals surface area (Å²) < 4.78 is 6.56. The van der Waals surface area contributed by atoms with Crippen molar-refractivity contribution in [3.05, 3.63) is 88.9 Å². The van der Waals surface area contributed by atoms with E-state index in [4.69, 9.17) is 4.74 Å². The molecule has 3 rings (SSSR count). The minimum Gasteiger partial charge on any atom is -0.483 e. The van der Waals surface area contributed by atoms with Gasteiger partial charge in [-0.3, -0.25) is 9.59 Å². The Morgan fingerprint density at radius 1 is 0.929 bits per heavy atom. The van der Waals surface area contributed by atoms with Crippen LogP contribution in [0.4, 0.5) is 11.4 Å². The summed E-state index contributed by atoms with van der Waals surface area (Å²) in [7, 11) is 1.70. The maximum Gasteiger partial charge on any atom is 0.262 e. The van der Waals surface area contributed by atoms with Gasteiger partial charge >= 0.3 is 0 Å². The lowest BCUT2D eigenvalue weighted by atomic mass is 10.1. The molecule has 0 atom stereocenters. The van der Waals surface area contributed by atoms with Crippen LogP contribution in [0.3, 0.4) is 0 Å². The average Bonchev–Trinajstić information content (AvgIpc) is 2.73. The molecule has 0 fully saturated rings. The van der Waals surface area contributed by atoms with Gasteiger partial charge in [-0.2, -0.15) is 0 Å². The number of para-hydroxylation sites is 2. The van der Waals surface area contributed by atoms with E-state index in [2.05, 4.69) is 21.2 Å². The second-order valence-corrected chi connectivity index (χ2v) is 6.96. The van der Waals surface area contributed by atoms with Gasteiger partial charge in [0, 0.05) is 22.9 Å². The third-order valence-corrected chi connectivity index (χ3v) is 4.58. The summed E-state index contributed by atoms with van der Waals surface area (Å²) >= 11 is 3.35. The normalized spacial score (nSPS) is 10.2. The van der Waals surface area contributed by atoms with Crippen LogP contribution >= 0.6 is 15.9 Å². The standard InChI is InChI=1S/C22H19BrN2O3/c1-25(18-7-3-2-4-8-18)22(27)19-9-5-6-10-20(19)28-15-21(26)24-17-13-11-16(23)12-14-17/h2-14H,15H2,1H3,(H,24,26). The Kier molecular flexibility index (Phi) is 6.45. The van der Waals surface area contributed by atoms with Crippen molar-refractivity contribution in [2.75, 3.05) is 23.9 Å². The van der Waals surface area contributed by atoms with Crippen LogP contribution in [-0.2, 0) is 4.79 Å². The highest BCUT2D eigenvalue weighted by Crippen LogP contribution is 2.22. The van der Waals surface area contributed by atoms with Gasteiger partial charge in [-0.1, -0.05) is 46.3 Å². The van der Waals surface area contributed by atoms with E-state index >= 15 is 0 Å². The maximum atomic E-state index is 12.9. The minimum absolute atomic E-state index is 0.199. The summed E-state index contributed by atoms with van der Waals surface area (Å²) in [6.07, 6.45) is 0. The summed E-state index contributed by atoms with van der Waals surface area (Å²) in [6, 6.07) is 23.5. The molecule has 0 spiro atoms. The van der Waals surface area contributed by atoms with Gasteiger partial charge in [-0.25, -0.2) is 0 Å². The quantitative estimate of drug-likeness (QED) is 0.604. The first-order chi connectivity index (χ1) is 13.5. The fourth-order valence-corrected chi connectivity index (χ4v) is 2.86. The molecule has 3 aromatic rings. The molecule has 0 radical (unpaired) electrons. The maximum absolute atomic E-state index is 12.9. The van der Waals surface area contributed by atoms with Crippen molar-refractivity contribution in [3.63, 3.8) is 0 Å². The average molecular weight is 439 g/mol. The Hall–Kier alpha value is -3.12. The number of carbonyl (C=O) groups is 2. The molecule has 28 heavy (non-hydrogen) atoms. The van der Waals surface area contributed by atoms with E-state index in [-0.39, 0.29) is 18.4 Å². The molecular formula is C22H19BrN2O3. The minimum atomic E-state index is -0.305. The van der Waals surface area contributed by atoms with Crippen LogP contribution in [0, 0.1) is 0 Å². The van der Waals surface area contributed by atoms with Gasteiger partial charge in [-0.05, 0) is 48.5 Å². The fourth-order valence-electron chi connectivity index (χ4n) is 2.59. The molecule has 5 nitrogen and oxygen atoms in total. The van der Waals surface area contributed by atoms with E-state index in [1.807, 2.05) is 42.5 Å². The molecule has 0 bridgehead atoms. The molecule has 1 N–H and O–H groups in total. The van der Waals surface area contributed by atoms with Crippen molar-refractivity contribution in [3.8, 4) is 5.75 Å². The van der Waals surface area contributed by atoms with Gasteiger partial charge in [0.15, 0.2) is 6.61 Å². The number of rotatable bonds is 6. The van der Waals surface area contributed by atoms with Crippen molar-refractivity contribution >= 4 is 39.1 Å². The fraction of sp³-hybridized carbons (Fsp3) is 0.0909. The molecule has 0 aromatic heterocycles. The molecule has 0 aliphatic rings. The van der Waals surface area contributed by atoms with Crippen LogP contribution in [-0.4, -0.2) is 25.5 Å². The lowest BCUT2D eigenvalue weighted by Gasteiger charge is -2.19. The molecule has 2 amide bonds. The Bertz CT molecular complexity index is 959. The SMILES string of the molecule is CN(C(=O)c1ccccc1OCC(=O)Nc1ccc(Br)cc1)c1ccccc1. The number of hydrogen-bond acceptors (Lipinski definition) is 3. The number of amides is 2. The number of anilines is 2. The van der Waals surface area contributed by atoms with Crippen molar-refractivity contribution in [1.82, 2.24) is 0 Å². The molecule has 142 valence electrons. The first-order valence-electron chi connectivity index (χ1n) is 8.65. The second-order valence-electron chi connectivity index (χ2n) is 6.04. The van der Waals surface area contributed by atoms with E-state index in [0.717, 1.165) is 10.2 Å². The Morgan fingerprint density at radius 2 is 1.57 bits per heavy atom. The molecule has 0 aliphatic carbocycles. The zero-order chi connectivity index (χ0) is 19.9. The van der Waals surface area contributed by atoms with Gasteiger partial charge in [0.2, 0.25) is 0 Å². The van der Waals surface area contributed by atoms with Crippen molar-refractivity contribution in [2.45, 2.75) is 0 Å². The summed E-state index contributed by atoms with van der Waals surface area (Å²) in [5.41, 5.74) is 1.84. The Labute approximate surface area is 172 Å². The molecular weight excluding hydrogens is 420 g/mol. The summed E-state index contributed by atoms with van der Waals surface area (Å²) in [4.78, 5) is 26.6. The van der Waals surface area contributed by atoms with Crippen LogP contribution in [0.5, 0.6) is 5.75 Å². The lowest BCUT2D eigenvalue weighted by molar-refractivity contribution is -0.118. The van der Waals surface area contributed by atoms with Crippen LogP contribution in [0.25, 0.3) is 0 Å². The van der Waals surface area contributed by atoms with E-state index in [1.165, 1.54) is 0 Å². The number of hydrogen-bond donors (Lipinski definition) is 1. The summed E-state index contributed by atoms with van der Waals surface area (Å²) in [5.74, 6) is -0.155. The van der Waals surface area contributed by atoms with Crippen LogP contribution in [0.2, 0.25) is 0 Å². The number of benzene rings is 3. The van der Waals surface area contributed by atoms with Gasteiger partial charge in [0.1, 0.15) is 5.75 Å². The van der Waals surface area contributed by atoms with Crippen molar-refractivity contribution in [2.24, 2.45) is 0 Å². The van der Waals surface area contributed by atoms with Gasteiger partial charge in [0.05, 0.1) is 5.56 Å². The van der Waals surface area contributed by atoms with Crippen LogP contribution < -0.4 is 15.0 Å². The molecule has 0 aliphatic heterocycles. The van der Waals surface area contributed by atoms with E-state index in [0.29, 0.717) is 17.0 Å². The molecule has 0 saturated carbocycles. The number of carbonyl (C=O) groups excluding carboxylic acids is 2. The van der Waals surface area contributed by atoms with Gasteiger partial charge in [0.25, 0.3) is 11.8 Å². The molecule has 3 aromatic carbocycles. The number of ether oxygens (including phenoxy) is 1. The highest BCUT2D eigenvalue weighted by Gasteiger charge is 2.18. The zero-order valence-corrected chi connectivity index (χ0v) is 16.8. The van der Waals surface area contributed by atoms with Crippen molar-refractivity contribution in [1.29, 1.82) is 0 Å². The number of halogens is 1. The highest BCUT2D eigenvalue weighted by molar-refractivity contribution is 9.10. The highest BCUT2D eigenvalue weighted by atomic mass is 79.9. The Morgan fingerprint density at radius 3 is 2.29 bits per heavy atom. The molecule has 6 heteroatoms. The third-order valence-electron chi connectivity index (χ3n) is 4.05. The molecule has 0 heterocycles. The van der Waals surface area contributed by atoms with Crippen molar-refractivity contribution < 1.29 is 14.3 Å². The zero-order valence-electron chi connectivity index (χ0n) is 15.3. The lowest BCUT2D eigenvalue weighted by Crippen LogP contribution is -2.27. The summed E-state index contributed by atoms with van der Waals surface area (Å²) in [6.45, 7) is -0.199. The van der Waals surface area contributed by atoms with E-state index < -0.39 is 0 Å². The first kappa shape index (κ1) is 19.6. The number of nitrogens with zero attached hydrogens (tertiary/aromatic N) is 1. The predicted octanol–water partition coefficient (Wildman–Crippen LogP) is 4.74. The van der Waals surface area contributed by atoms with Crippen LogP contribution in [0.15, 0.2) is 83.3 Å². The second kappa shape index (κ2) is 9.19.